The highest BCUT2D eigenvalue weighted by Crippen LogP contribution is 2.49. The predicted octanol–water partition coefficient (Wildman–Crippen LogP) is 4.29. The van der Waals surface area contributed by atoms with Gasteiger partial charge >= 0.3 is 11.9 Å². The first-order valence-corrected chi connectivity index (χ1v) is 9.36. The maximum Gasteiger partial charge on any atom is 0.346 e. The van der Waals surface area contributed by atoms with Gasteiger partial charge in [0.1, 0.15) is 4.88 Å². The Morgan fingerprint density at radius 3 is 2.25 bits per heavy atom. The van der Waals surface area contributed by atoms with Crippen molar-refractivity contribution in [3.8, 4) is 11.1 Å². The Labute approximate surface area is 164 Å². The first-order valence-electron chi connectivity index (χ1n) is 8.54. The summed E-state index contributed by atoms with van der Waals surface area (Å²) in [6.45, 7) is 0. The fourth-order valence-corrected chi connectivity index (χ4v) is 4.69. The summed E-state index contributed by atoms with van der Waals surface area (Å²) >= 11 is 1.15. The lowest BCUT2D eigenvalue weighted by Gasteiger charge is -2.24. The Bertz CT molecular complexity index is 1090. The lowest BCUT2D eigenvalue weighted by molar-refractivity contribution is -0.116. The van der Waals surface area contributed by atoms with Gasteiger partial charge in [0.2, 0.25) is 5.91 Å². The number of nitrogens with one attached hydrogen (secondary N) is 1. The molecule has 0 fully saturated rings. The van der Waals surface area contributed by atoms with Gasteiger partial charge in [-0.1, -0.05) is 42.5 Å². The maximum absolute atomic E-state index is 12.4. The van der Waals surface area contributed by atoms with Crippen LogP contribution >= 0.6 is 11.3 Å². The molecule has 1 amide bonds. The molecule has 1 aromatic heterocycles. The number of benzene rings is 2. The highest BCUT2D eigenvalue weighted by molar-refractivity contribution is 7.15. The van der Waals surface area contributed by atoms with Crippen LogP contribution in [0.25, 0.3) is 11.1 Å². The second-order valence-corrected chi connectivity index (χ2v) is 7.50. The second kappa shape index (κ2) is 6.94. The van der Waals surface area contributed by atoms with E-state index in [4.69, 9.17) is 5.11 Å². The molecule has 0 radical (unpaired) electrons. The number of thiophene rings is 1. The standard InChI is InChI=1S/C21H15NO5S/c23-15-10-14(11-6-8-13(9-7-11)20(24)25)18-17(22-15)16(19(28-18)21(26)27)12-4-2-1-3-5-12/h1-9,14H,10H2,(H,22,23)(H,24,25)(H,26,27)/t14-/m0/s1. The van der Waals surface area contributed by atoms with Crippen molar-refractivity contribution in [2.75, 3.05) is 5.32 Å². The summed E-state index contributed by atoms with van der Waals surface area (Å²) in [4.78, 5) is 36.3. The molecule has 3 N–H and O–H groups in total. The van der Waals surface area contributed by atoms with Gasteiger partial charge in [-0.05, 0) is 23.3 Å². The van der Waals surface area contributed by atoms with Crippen LogP contribution in [0.15, 0.2) is 54.6 Å². The van der Waals surface area contributed by atoms with Gasteiger partial charge < -0.3 is 15.5 Å². The van der Waals surface area contributed by atoms with E-state index in [9.17, 15) is 19.5 Å². The van der Waals surface area contributed by atoms with Crippen LogP contribution in [-0.2, 0) is 4.79 Å². The van der Waals surface area contributed by atoms with E-state index in [0.717, 1.165) is 27.3 Å². The van der Waals surface area contributed by atoms with E-state index in [1.165, 1.54) is 12.1 Å². The van der Waals surface area contributed by atoms with Gasteiger partial charge in [0, 0.05) is 22.8 Å². The molecule has 0 saturated carbocycles. The first-order chi connectivity index (χ1) is 13.5. The van der Waals surface area contributed by atoms with Gasteiger partial charge in [0.15, 0.2) is 0 Å². The maximum atomic E-state index is 12.4. The normalized spacial score (nSPS) is 15.6. The number of hydrogen-bond acceptors (Lipinski definition) is 4. The third-order valence-corrected chi connectivity index (χ3v) is 6.01. The van der Waals surface area contributed by atoms with E-state index < -0.39 is 11.9 Å². The lowest BCUT2D eigenvalue weighted by Crippen LogP contribution is -2.22. The first kappa shape index (κ1) is 17.9. The number of carbonyl (C=O) groups is 3. The van der Waals surface area contributed by atoms with Crippen molar-refractivity contribution in [3.05, 3.63) is 75.5 Å². The summed E-state index contributed by atoms with van der Waals surface area (Å²) in [5.41, 5.74) is 2.69. The molecule has 140 valence electrons. The molecule has 0 saturated heterocycles. The Morgan fingerprint density at radius 1 is 0.964 bits per heavy atom. The Balaban J connectivity index is 1.88. The van der Waals surface area contributed by atoms with Crippen molar-refractivity contribution in [1.29, 1.82) is 0 Å². The minimum absolute atomic E-state index is 0.159. The zero-order valence-electron chi connectivity index (χ0n) is 14.5. The van der Waals surface area contributed by atoms with Crippen LogP contribution in [0.2, 0.25) is 0 Å². The number of amides is 1. The molecule has 0 bridgehead atoms. The third kappa shape index (κ3) is 3.05. The molecule has 7 heteroatoms. The summed E-state index contributed by atoms with van der Waals surface area (Å²) in [6, 6.07) is 15.4. The molecular formula is C21H15NO5S. The molecule has 4 rings (SSSR count). The average Bonchev–Trinajstić information content (AvgIpc) is 3.07. The number of aromatic carboxylic acids is 2. The Morgan fingerprint density at radius 2 is 1.64 bits per heavy atom. The minimum Gasteiger partial charge on any atom is -0.478 e. The molecule has 6 nitrogen and oxygen atoms in total. The van der Waals surface area contributed by atoms with Crippen LogP contribution in [0, 0.1) is 0 Å². The molecule has 28 heavy (non-hydrogen) atoms. The van der Waals surface area contributed by atoms with E-state index in [1.54, 1.807) is 12.1 Å². The van der Waals surface area contributed by atoms with Crippen LogP contribution in [0.3, 0.4) is 0 Å². The summed E-state index contributed by atoms with van der Waals surface area (Å²) in [5.74, 6) is -2.60. The number of fused-ring (bicyclic) bond motifs is 1. The number of carbonyl (C=O) groups excluding carboxylic acids is 1. The van der Waals surface area contributed by atoms with Gasteiger partial charge in [-0.3, -0.25) is 4.79 Å². The SMILES string of the molecule is O=C1C[C@@H](c2ccc(C(=O)O)cc2)c2sc(C(=O)O)c(-c3ccccc3)c2N1. The van der Waals surface area contributed by atoms with Crippen LogP contribution in [-0.4, -0.2) is 28.1 Å². The zero-order chi connectivity index (χ0) is 19.8. The quantitative estimate of drug-likeness (QED) is 0.614. The molecule has 0 unspecified atom stereocenters. The molecule has 2 aromatic carbocycles. The van der Waals surface area contributed by atoms with Crippen molar-refractivity contribution in [2.24, 2.45) is 0 Å². The molecule has 0 spiro atoms. The summed E-state index contributed by atoms with van der Waals surface area (Å²) in [5, 5.41) is 21.7. The number of carboxylic acids is 2. The number of rotatable bonds is 4. The minimum atomic E-state index is -1.05. The molecule has 0 aliphatic carbocycles. The predicted molar refractivity (Wildman–Crippen MR) is 105 cm³/mol. The van der Waals surface area contributed by atoms with Crippen molar-refractivity contribution < 1.29 is 24.6 Å². The number of carboxylic acid groups (broad SMARTS) is 2. The van der Waals surface area contributed by atoms with Crippen molar-refractivity contribution in [2.45, 2.75) is 12.3 Å². The summed E-state index contributed by atoms with van der Waals surface area (Å²) < 4.78 is 0. The van der Waals surface area contributed by atoms with E-state index in [0.29, 0.717) is 11.3 Å². The monoisotopic (exact) mass is 393 g/mol. The fraction of sp³-hybridized carbons (Fsp3) is 0.0952. The lowest BCUT2D eigenvalue weighted by atomic mass is 9.88. The molecular weight excluding hydrogens is 378 g/mol. The van der Waals surface area contributed by atoms with Gasteiger partial charge in [0.05, 0.1) is 11.3 Å². The van der Waals surface area contributed by atoms with Crippen LogP contribution < -0.4 is 5.32 Å². The molecule has 1 atom stereocenters. The highest BCUT2D eigenvalue weighted by atomic mass is 32.1. The molecule has 1 aliphatic rings. The molecule has 1 aliphatic heterocycles. The average molecular weight is 393 g/mol. The summed E-state index contributed by atoms with van der Waals surface area (Å²) in [7, 11) is 0. The topological polar surface area (TPSA) is 104 Å². The van der Waals surface area contributed by atoms with Crippen molar-refractivity contribution >= 4 is 34.9 Å². The molecule has 2 heterocycles. The zero-order valence-corrected chi connectivity index (χ0v) is 15.3. The van der Waals surface area contributed by atoms with Gasteiger partial charge in [-0.15, -0.1) is 11.3 Å². The Hall–Kier alpha value is -3.45. The highest BCUT2D eigenvalue weighted by Gasteiger charge is 2.34. The fourth-order valence-electron chi connectivity index (χ4n) is 3.44. The van der Waals surface area contributed by atoms with Crippen LogP contribution in [0.5, 0.6) is 0 Å². The summed E-state index contributed by atoms with van der Waals surface area (Å²) in [6.07, 6.45) is 0.174. The smallest absolute Gasteiger partial charge is 0.346 e. The van der Waals surface area contributed by atoms with E-state index in [2.05, 4.69) is 5.32 Å². The third-order valence-electron chi connectivity index (χ3n) is 4.72. The van der Waals surface area contributed by atoms with Gasteiger partial charge in [-0.2, -0.15) is 0 Å². The second-order valence-electron chi connectivity index (χ2n) is 6.45. The Kier molecular flexibility index (Phi) is 4.44. The number of anilines is 1. The van der Waals surface area contributed by atoms with E-state index in [1.807, 2.05) is 30.3 Å². The largest absolute Gasteiger partial charge is 0.478 e. The van der Waals surface area contributed by atoms with Crippen LogP contribution in [0.4, 0.5) is 5.69 Å². The van der Waals surface area contributed by atoms with E-state index in [-0.39, 0.29) is 28.7 Å². The van der Waals surface area contributed by atoms with Gasteiger partial charge in [-0.25, -0.2) is 9.59 Å². The molecule has 3 aromatic rings. The van der Waals surface area contributed by atoms with Crippen LogP contribution in [0.1, 0.15) is 42.8 Å². The number of hydrogen-bond donors (Lipinski definition) is 3. The van der Waals surface area contributed by atoms with E-state index >= 15 is 0 Å². The van der Waals surface area contributed by atoms with Crippen molar-refractivity contribution in [1.82, 2.24) is 0 Å². The van der Waals surface area contributed by atoms with Gasteiger partial charge in [0.25, 0.3) is 0 Å². The van der Waals surface area contributed by atoms with Crippen molar-refractivity contribution in [3.63, 3.8) is 0 Å².